The van der Waals surface area contributed by atoms with Crippen molar-refractivity contribution in [2.75, 3.05) is 74.9 Å². The lowest BCUT2D eigenvalue weighted by Gasteiger charge is -2.41. The number of amides is 7. The Hall–Kier alpha value is -5.46. The molecule has 23 nitrogen and oxygen atoms in total. The van der Waals surface area contributed by atoms with Gasteiger partial charge in [0.2, 0.25) is 35.4 Å². The molecule has 7 N–H and O–H groups in total. The minimum atomic E-state index is -1.01. The van der Waals surface area contributed by atoms with Gasteiger partial charge in [0.1, 0.15) is 24.7 Å². The van der Waals surface area contributed by atoms with Gasteiger partial charge in [-0.05, 0) is 63.0 Å². The summed E-state index contributed by atoms with van der Waals surface area (Å²) in [5.74, 6) is -4.08. The predicted molar refractivity (Wildman–Crippen MR) is 296 cm³/mol. The van der Waals surface area contributed by atoms with Crippen LogP contribution in [0.4, 0.5) is 4.79 Å². The highest BCUT2D eigenvalue weighted by atomic mass is 16.7. The van der Waals surface area contributed by atoms with Crippen LogP contribution >= 0.6 is 0 Å². The number of aliphatic hydroxyl groups is 1. The SMILES string of the molecule is CCC(CO)OC(COC(=O)NCCC(=O)N[C@@H](C)C(=O)OCCCNC(=O)[C@H](Cc1ccccc1)NC(=O)[C@H](C)[C@@H](OC)[C@@H]1CCCN1C(=O)C[C@@H](OC)[C@H]([C@@H](C)CC)N(C)C(=O)[C@@H](NC(=O)[C@@H](NC)C(C)C)C(C)C)OC. The molecule has 450 valence electrons. The van der Waals surface area contributed by atoms with Gasteiger partial charge >= 0.3 is 12.1 Å². The molecule has 1 heterocycles. The molecule has 1 aliphatic rings. The van der Waals surface area contributed by atoms with Crippen LogP contribution in [0.2, 0.25) is 0 Å². The quantitative estimate of drug-likeness (QED) is 0.0286. The molecule has 0 saturated carbocycles. The number of likely N-dealkylation sites (N-methyl/N-ethyl adjacent to an activating group) is 2. The van der Waals surface area contributed by atoms with Crippen LogP contribution < -0.4 is 31.9 Å². The van der Waals surface area contributed by atoms with E-state index in [1.54, 1.807) is 30.8 Å². The molecule has 1 saturated heterocycles. The first-order valence-electron chi connectivity index (χ1n) is 27.9. The Bertz CT molecular complexity index is 2030. The highest BCUT2D eigenvalue weighted by Gasteiger charge is 2.43. The van der Waals surface area contributed by atoms with Crippen molar-refractivity contribution in [3.05, 3.63) is 35.9 Å². The first-order chi connectivity index (χ1) is 37.5. The summed E-state index contributed by atoms with van der Waals surface area (Å²) in [7, 11) is 7.79. The second-order valence-electron chi connectivity index (χ2n) is 21.0. The zero-order valence-electron chi connectivity index (χ0n) is 49.4. The fraction of sp³-hybridized carbons (Fsp3) is 0.750. The summed E-state index contributed by atoms with van der Waals surface area (Å²) in [6.07, 6.45) is -1.03. The lowest BCUT2D eigenvalue weighted by atomic mass is 9.89. The first-order valence-corrected chi connectivity index (χ1v) is 27.9. The Morgan fingerprint density at radius 2 is 1.46 bits per heavy atom. The molecule has 0 radical (unpaired) electrons. The van der Waals surface area contributed by atoms with E-state index in [-0.39, 0.29) is 94.1 Å². The number of aliphatic hydroxyl groups excluding tert-OH is 1. The average Bonchev–Trinajstić information content (AvgIpc) is 3.92. The lowest BCUT2D eigenvalue weighted by Crippen LogP contribution is -2.59. The molecule has 0 spiro atoms. The summed E-state index contributed by atoms with van der Waals surface area (Å²) in [6, 6.07) is 4.86. The highest BCUT2D eigenvalue weighted by molar-refractivity contribution is 5.91. The minimum absolute atomic E-state index is 0.0100. The van der Waals surface area contributed by atoms with E-state index in [4.69, 9.17) is 28.4 Å². The van der Waals surface area contributed by atoms with Crippen molar-refractivity contribution >= 4 is 47.5 Å². The van der Waals surface area contributed by atoms with Gasteiger partial charge in [0.25, 0.3) is 0 Å². The number of methoxy groups -OCH3 is 3. The summed E-state index contributed by atoms with van der Waals surface area (Å²) in [5.41, 5.74) is 0.798. The Morgan fingerprint density at radius 1 is 0.785 bits per heavy atom. The van der Waals surface area contributed by atoms with Gasteiger partial charge in [0.05, 0.1) is 62.0 Å². The molecule has 2 rings (SSSR count). The monoisotopic (exact) mass is 1120 g/mol. The van der Waals surface area contributed by atoms with Crippen molar-refractivity contribution in [3.8, 4) is 0 Å². The molecule has 12 atom stereocenters. The molecule has 1 aromatic carbocycles. The highest BCUT2D eigenvalue weighted by Crippen LogP contribution is 2.30. The van der Waals surface area contributed by atoms with Gasteiger partial charge in [-0.3, -0.25) is 28.8 Å². The van der Waals surface area contributed by atoms with Crippen LogP contribution in [0.1, 0.15) is 113 Å². The predicted octanol–water partition coefficient (Wildman–Crippen LogP) is 2.45. The van der Waals surface area contributed by atoms with Crippen molar-refractivity contribution in [2.24, 2.45) is 23.7 Å². The molecular formula is C56H96N8O15. The smallest absolute Gasteiger partial charge is 0.407 e. The third-order valence-electron chi connectivity index (χ3n) is 14.5. The zero-order chi connectivity index (χ0) is 59.4. The number of carbonyl (C=O) groups is 8. The molecule has 23 heteroatoms. The van der Waals surface area contributed by atoms with Gasteiger partial charge < -0.3 is 75.2 Å². The van der Waals surface area contributed by atoms with Crippen LogP contribution in [0.3, 0.4) is 0 Å². The third-order valence-corrected chi connectivity index (χ3v) is 14.5. The first kappa shape index (κ1) is 69.6. The second kappa shape index (κ2) is 36.7. The molecule has 1 fully saturated rings. The molecule has 1 aliphatic heterocycles. The summed E-state index contributed by atoms with van der Waals surface area (Å²) in [5, 5.41) is 26.0. The van der Waals surface area contributed by atoms with Crippen LogP contribution in [0.5, 0.6) is 0 Å². The number of likely N-dealkylation sites (tertiary alicyclic amines) is 1. The van der Waals surface area contributed by atoms with Gasteiger partial charge in [0.15, 0.2) is 6.29 Å². The largest absolute Gasteiger partial charge is 0.464 e. The topological polar surface area (TPSA) is 291 Å². The van der Waals surface area contributed by atoms with Gasteiger partial charge in [-0.2, -0.15) is 0 Å². The molecule has 79 heavy (non-hydrogen) atoms. The molecule has 7 amide bonds. The van der Waals surface area contributed by atoms with E-state index in [0.717, 1.165) is 5.56 Å². The Labute approximate surface area is 468 Å². The maximum absolute atomic E-state index is 14.5. The molecule has 1 aromatic rings. The number of rotatable bonds is 37. The lowest BCUT2D eigenvalue weighted by molar-refractivity contribution is -0.181. The van der Waals surface area contributed by atoms with E-state index >= 15 is 0 Å². The molecule has 2 unspecified atom stereocenters. The summed E-state index contributed by atoms with van der Waals surface area (Å²) in [4.78, 5) is 111. The Balaban J connectivity index is 2.06. The zero-order valence-corrected chi connectivity index (χ0v) is 49.4. The number of ether oxygens (including phenoxy) is 6. The normalized spacial score (nSPS) is 17.6. The van der Waals surface area contributed by atoms with Crippen molar-refractivity contribution in [1.29, 1.82) is 0 Å². The molecule has 0 bridgehead atoms. The Kier molecular flexibility index (Phi) is 32.4. The number of carbonyl (C=O) groups excluding carboxylic acids is 8. The number of hydrogen-bond acceptors (Lipinski definition) is 16. The van der Waals surface area contributed by atoms with Gasteiger partial charge in [-0.25, -0.2) is 9.59 Å². The van der Waals surface area contributed by atoms with Gasteiger partial charge in [0, 0.05) is 60.9 Å². The van der Waals surface area contributed by atoms with Crippen molar-refractivity contribution in [3.63, 3.8) is 0 Å². The third kappa shape index (κ3) is 22.9. The van der Waals surface area contributed by atoms with Crippen molar-refractivity contribution < 1.29 is 71.9 Å². The number of alkyl carbamates (subject to hydrolysis) is 1. The summed E-state index contributed by atoms with van der Waals surface area (Å²) < 4.78 is 33.1. The van der Waals surface area contributed by atoms with E-state index in [2.05, 4.69) is 31.9 Å². The minimum Gasteiger partial charge on any atom is -0.464 e. The van der Waals surface area contributed by atoms with E-state index in [1.807, 2.05) is 78.8 Å². The molecule has 0 aliphatic carbocycles. The van der Waals surface area contributed by atoms with Crippen LogP contribution in [-0.2, 0) is 68.4 Å². The van der Waals surface area contributed by atoms with E-state index in [1.165, 1.54) is 28.3 Å². The fourth-order valence-corrected chi connectivity index (χ4v) is 9.61. The second-order valence-corrected chi connectivity index (χ2v) is 21.0. The van der Waals surface area contributed by atoms with E-state index in [0.29, 0.717) is 32.2 Å². The van der Waals surface area contributed by atoms with Crippen molar-refractivity contribution in [2.45, 2.75) is 175 Å². The van der Waals surface area contributed by atoms with Gasteiger partial charge in [-0.1, -0.05) is 92.1 Å². The number of nitrogens with one attached hydrogen (secondary N) is 6. The number of benzene rings is 1. The number of nitrogens with zero attached hydrogens (tertiary/aromatic N) is 2. The maximum atomic E-state index is 14.5. The van der Waals surface area contributed by atoms with Crippen LogP contribution in [-0.4, -0.2) is 198 Å². The van der Waals surface area contributed by atoms with Crippen molar-refractivity contribution in [1.82, 2.24) is 41.7 Å². The molecule has 0 aromatic heterocycles. The maximum Gasteiger partial charge on any atom is 0.407 e. The summed E-state index contributed by atoms with van der Waals surface area (Å²) in [6.45, 7) is 16.5. The van der Waals surface area contributed by atoms with Crippen LogP contribution in [0.25, 0.3) is 0 Å². The molecular weight excluding hydrogens is 1020 g/mol. The summed E-state index contributed by atoms with van der Waals surface area (Å²) >= 11 is 0. The standard InChI is InChI=1S/C56H96N8O15/c1-15-36(7)49(63(11)54(71)48(35(5)6)62-53(70)47(57-10)34(3)4)43(74-12)31-45(67)64-28-20-24-42(64)50(76-14)37(8)51(68)61-41(30-39-22-18-17-19-23-39)52(69)58-26-21-29-77-55(72)38(9)60-44(66)25-27-59-56(73)78-33-46(75-13)79-40(16-2)32-65/h17-19,22-23,34-38,40-43,46-50,57,65H,15-16,20-21,24-33H2,1-14H3,(H,58,69)(H,59,73)(H,60,66)(H,61,68)(H,62,70)/t36-,37+,38-,40?,41-,42-,43+,46?,47-,48-,49-,50+/m0/s1. The van der Waals surface area contributed by atoms with Crippen LogP contribution in [0.15, 0.2) is 30.3 Å². The number of hydrogen-bond donors (Lipinski definition) is 7. The Morgan fingerprint density at radius 3 is 2.03 bits per heavy atom. The van der Waals surface area contributed by atoms with Gasteiger partial charge in [-0.15, -0.1) is 0 Å². The van der Waals surface area contributed by atoms with Crippen LogP contribution in [0, 0.1) is 23.7 Å². The van der Waals surface area contributed by atoms with E-state index < -0.39 is 96.6 Å². The number of esters is 1. The van der Waals surface area contributed by atoms with E-state index in [9.17, 15) is 43.5 Å². The fourth-order valence-electron chi connectivity index (χ4n) is 9.61. The average molecular weight is 1120 g/mol.